The molecule has 0 N–H and O–H groups in total. The fourth-order valence-corrected chi connectivity index (χ4v) is 2.22. The van der Waals surface area contributed by atoms with Crippen LogP contribution in [0.4, 0.5) is 11.4 Å². The maximum absolute atomic E-state index is 5.51. The van der Waals surface area contributed by atoms with Crippen LogP contribution in [-0.2, 0) is 0 Å². The first kappa shape index (κ1) is 23.8. The Morgan fingerprint density at radius 2 is 1.65 bits per heavy atom. The second-order valence-electron chi connectivity index (χ2n) is 5.63. The smallest absolute Gasteiger partial charge is 0.362 e. The highest BCUT2D eigenvalue weighted by Gasteiger charge is 2.19. The molecular weight excluding hydrogens is 280 g/mol. The Morgan fingerprint density at radius 3 is 2.09 bits per heavy atom. The van der Waals surface area contributed by atoms with Crippen molar-refractivity contribution in [1.29, 1.82) is 0 Å². The van der Waals surface area contributed by atoms with Crippen molar-refractivity contribution < 1.29 is 0 Å². The molecule has 23 heavy (non-hydrogen) atoms. The van der Waals surface area contributed by atoms with E-state index in [1.165, 1.54) is 24.8 Å². The number of nitrogens with zero attached hydrogens (tertiary/aromatic N) is 2. The van der Waals surface area contributed by atoms with Gasteiger partial charge in [0, 0.05) is 19.2 Å². The number of hydrogen-bond donors (Lipinski definition) is 0. The van der Waals surface area contributed by atoms with E-state index < -0.39 is 0 Å². The number of unbranched alkanes of at least 4 members (excludes halogenated alkanes) is 1. The third kappa shape index (κ3) is 8.07. The largest absolute Gasteiger partial charge is 0.365 e. The van der Waals surface area contributed by atoms with Crippen molar-refractivity contribution in [2.45, 2.75) is 86.6 Å². The molecule has 132 valence electrons. The second kappa shape index (κ2) is 14.1. The number of hydrogen-bond acceptors (Lipinski definition) is 1. The van der Waals surface area contributed by atoms with Crippen molar-refractivity contribution in [2.75, 3.05) is 11.9 Å². The minimum absolute atomic E-state index is 0.503. The molecule has 1 rings (SSSR count). The van der Waals surface area contributed by atoms with Gasteiger partial charge in [0.15, 0.2) is 0 Å². The number of rotatable bonds is 6. The van der Waals surface area contributed by atoms with Crippen LogP contribution in [0.15, 0.2) is 18.2 Å². The van der Waals surface area contributed by atoms with Crippen LogP contribution in [0.2, 0.25) is 0 Å². The molecule has 0 spiro atoms. The standard InChI is InChI=1S/C17H27N2.2C2H6/c1-7-8-9-14(4)19(6)17-12-15(13(2)3)10-11-16(17)18-5;2*1-2/h5,10-14H,7-9H2,1-4,6H3;2*1-2H3/q+1;;. The molecule has 2 nitrogen and oxygen atoms in total. The Kier molecular flexibility index (Phi) is 14.6. The summed E-state index contributed by atoms with van der Waals surface area (Å²) in [5.74, 6) is 0.518. The van der Waals surface area contributed by atoms with Gasteiger partial charge in [0.2, 0.25) is 0 Å². The van der Waals surface area contributed by atoms with Crippen LogP contribution in [0, 0.1) is 6.57 Å². The zero-order valence-electron chi connectivity index (χ0n) is 17.0. The van der Waals surface area contributed by atoms with Crippen LogP contribution in [0.3, 0.4) is 0 Å². The normalized spacial score (nSPS) is 10.7. The Balaban J connectivity index is 0. The van der Waals surface area contributed by atoms with E-state index in [-0.39, 0.29) is 0 Å². The van der Waals surface area contributed by atoms with Crippen molar-refractivity contribution in [2.24, 2.45) is 0 Å². The molecule has 0 aliphatic carbocycles. The van der Waals surface area contributed by atoms with E-state index >= 15 is 0 Å². The third-order valence-corrected chi connectivity index (χ3v) is 3.82. The summed E-state index contributed by atoms with van der Waals surface area (Å²) < 4.78 is 0. The molecule has 0 saturated heterocycles. The van der Waals surface area contributed by atoms with Gasteiger partial charge in [-0.3, -0.25) is 0 Å². The second-order valence-corrected chi connectivity index (χ2v) is 5.63. The van der Waals surface area contributed by atoms with Crippen LogP contribution in [0.1, 0.15) is 86.1 Å². The van der Waals surface area contributed by atoms with Gasteiger partial charge < -0.3 is 4.90 Å². The van der Waals surface area contributed by atoms with Crippen molar-refractivity contribution in [3.05, 3.63) is 28.6 Å². The summed E-state index contributed by atoms with van der Waals surface area (Å²) in [6.45, 7) is 22.4. The molecule has 1 unspecified atom stereocenters. The highest BCUT2D eigenvalue weighted by atomic mass is 15.1. The molecule has 1 aromatic rings. The molecule has 0 amide bonds. The number of benzene rings is 1. The van der Waals surface area contributed by atoms with Gasteiger partial charge in [-0.2, -0.15) is 0 Å². The maximum atomic E-state index is 5.51. The lowest BCUT2D eigenvalue weighted by atomic mass is 10.0. The molecule has 0 aliphatic rings. The Bertz CT molecular complexity index is 444. The van der Waals surface area contributed by atoms with Gasteiger partial charge >= 0.3 is 5.69 Å². The van der Waals surface area contributed by atoms with E-state index in [9.17, 15) is 0 Å². The minimum atomic E-state index is 0.503. The highest BCUT2D eigenvalue weighted by molar-refractivity contribution is 5.72. The Morgan fingerprint density at radius 1 is 1.09 bits per heavy atom. The van der Waals surface area contributed by atoms with Gasteiger partial charge in [-0.15, -0.1) is 0 Å². The van der Waals surface area contributed by atoms with Crippen molar-refractivity contribution in [3.8, 4) is 6.57 Å². The van der Waals surface area contributed by atoms with Gasteiger partial charge in [0.05, 0.1) is 0 Å². The SMILES string of the molecule is C#[N+]c1ccc(C(C)C)cc1N(C)C(C)CCCC.CC.CC. The molecule has 0 bridgehead atoms. The molecule has 0 saturated carbocycles. The summed E-state index contributed by atoms with van der Waals surface area (Å²) in [6.07, 6.45) is 3.69. The molecule has 1 atom stereocenters. The lowest BCUT2D eigenvalue weighted by Crippen LogP contribution is -2.28. The average molecular weight is 320 g/mol. The maximum Gasteiger partial charge on any atom is 0.362 e. The van der Waals surface area contributed by atoms with E-state index in [4.69, 9.17) is 6.57 Å². The number of anilines is 1. The van der Waals surface area contributed by atoms with Crippen molar-refractivity contribution in [3.63, 3.8) is 0 Å². The molecule has 2 heteroatoms. The van der Waals surface area contributed by atoms with Crippen molar-refractivity contribution >= 4 is 11.4 Å². The highest BCUT2D eigenvalue weighted by Crippen LogP contribution is 2.33. The predicted molar refractivity (Wildman–Crippen MR) is 109 cm³/mol. The Labute approximate surface area is 145 Å². The molecule has 0 heterocycles. The lowest BCUT2D eigenvalue weighted by molar-refractivity contribution is 0.588. The summed E-state index contributed by atoms with van der Waals surface area (Å²) >= 11 is 0. The Hall–Kier alpha value is -1.49. The van der Waals surface area contributed by atoms with Gasteiger partial charge in [-0.25, -0.2) is 0 Å². The van der Waals surface area contributed by atoms with E-state index in [0.717, 1.165) is 11.4 Å². The summed E-state index contributed by atoms with van der Waals surface area (Å²) in [5.41, 5.74) is 3.34. The van der Waals surface area contributed by atoms with E-state index in [1.54, 1.807) is 0 Å². The quantitative estimate of drug-likeness (QED) is 0.527. The average Bonchev–Trinajstić information content (AvgIpc) is 2.61. The summed E-state index contributed by atoms with van der Waals surface area (Å²) in [4.78, 5) is 6.21. The topological polar surface area (TPSA) is 7.60 Å². The van der Waals surface area contributed by atoms with Crippen LogP contribution in [0.5, 0.6) is 0 Å². The van der Waals surface area contributed by atoms with E-state index in [2.05, 4.69) is 56.6 Å². The first-order chi connectivity index (χ1) is 11.0. The van der Waals surface area contributed by atoms with Gasteiger partial charge in [0.1, 0.15) is 5.69 Å². The van der Waals surface area contributed by atoms with Crippen LogP contribution in [0.25, 0.3) is 4.85 Å². The fourth-order valence-electron chi connectivity index (χ4n) is 2.22. The molecule has 0 fully saturated rings. The van der Waals surface area contributed by atoms with Crippen LogP contribution < -0.4 is 4.90 Å². The summed E-state index contributed by atoms with van der Waals surface area (Å²) in [7, 11) is 2.13. The van der Waals surface area contributed by atoms with Gasteiger partial charge in [-0.1, -0.05) is 67.4 Å². The van der Waals surface area contributed by atoms with Crippen LogP contribution >= 0.6 is 0 Å². The molecular formula is C21H39N2+. The molecule has 0 radical (unpaired) electrons. The third-order valence-electron chi connectivity index (χ3n) is 3.82. The van der Waals surface area contributed by atoms with Crippen LogP contribution in [-0.4, -0.2) is 13.1 Å². The first-order valence-electron chi connectivity index (χ1n) is 9.28. The monoisotopic (exact) mass is 319 g/mol. The zero-order chi connectivity index (χ0) is 18.4. The fraction of sp³-hybridized carbons (Fsp3) is 0.667. The molecule has 0 aliphatic heterocycles. The summed E-state index contributed by atoms with van der Waals surface area (Å²) in [6, 6.07) is 6.86. The predicted octanol–water partition coefficient (Wildman–Crippen LogP) is 7.47. The first-order valence-corrected chi connectivity index (χ1v) is 9.28. The zero-order valence-corrected chi connectivity index (χ0v) is 17.0. The summed E-state index contributed by atoms with van der Waals surface area (Å²) in [5, 5.41) is 0. The minimum Gasteiger partial charge on any atom is -0.365 e. The van der Waals surface area contributed by atoms with E-state index in [1.807, 2.05) is 33.8 Å². The lowest BCUT2D eigenvalue weighted by Gasteiger charge is -2.26. The molecule has 1 aromatic carbocycles. The van der Waals surface area contributed by atoms with Crippen molar-refractivity contribution in [1.82, 2.24) is 0 Å². The van der Waals surface area contributed by atoms with Gasteiger partial charge in [-0.05, 0) is 35.7 Å². The molecule has 0 aromatic heterocycles. The van der Waals surface area contributed by atoms with Gasteiger partial charge in [0.25, 0.3) is 6.57 Å². The van der Waals surface area contributed by atoms with E-state index in [0.29, 0.717) is 12.0 Å².